The molecule has 0 amide bonds. The number of esters is 1. The van der Waals surface area contributed by atoms with Crippen LogP contribution in [0.15, 0.2) is 12.1 Å². The molecule has 0 N–H and O–H groups in total. The number of aryl methyl sites for hydroxylation is 1. The lowest BCUT2D eigenvalue weighted by Crippen LogP contribution is -2.45. The van der Waals surface area contributed by atoms with E-state index in [9.17, 15) is 4.79 Å². The number of ether oxygens (including phenoxy) is 1. The molecule has 0 bridgehead atoms. The number of methoxy groups -OCH3 is 1. The van der Waals surface area contributed by atoms with Crippen LogP contribution in [-0.4, -0.2) is 29.7 Å². The highest BCUT2D eigenvalue weighted by atomic mass is 28.4. The van der Waals surface area contributed by atoms with Crippen molar-refractivity contribution in [1.29, 1.82) is 0 Å². The van der Waals surface area contributed by atoms with E-state index in [2.05, 4.69) is 74.7 Å². The Morgan fingerprint density at radius 1 is 0.897 bits per heavy atom. The predicted molar refractivity (Wildman–Crippen MR) is 127 cm³/mol. The molecule has 6 heteroatoms. The number of rotatable bonds is 7. The number of carbonyl (C=O) groups is 1. The Balaban J connectivity index is 3.64. The molecule has 166 valence electrons. The van der Waals surface area contributed by atoms with Gasteiger partial charge in [-0.25, -0.2) is 4.79 Å². The zero-order chi connectivity index (χ0) is 22.8. The molecule has 29 heavy (non-hydrogen) atoms. The summed E-state index contributed by atoms with van der Waals surface area (Å²) in [5.74, 6) is 1.05. The summed E-state index contributed by atoms with van der Waals surface area (Å²) >= 11 is 0. The fourth-order valence-corrected chi connectivity index (χ4v) is 4.49. The van der Waals surface area contributed by atoms with Gasteiger partial charge in [-0.05, 0) is 54.3 Å². The average Bonchev–Trinajstić information content (AvgIpc) is 2.51. The van der Waals surface area contributed by atoms with Gasteiger partial charge in [0.2, 0.25) is 8.32 Å². The molecule has 0 fully saturated rings. The summed E-state index contributed by atoms with van der Waals surface area (Å²) in [6, 6.07) is 3.92. The maximum absolute atomic E-state index is 12.7. The van der Waals surface area contributed by atoms with Crippen LogP contribution in [0.5, 0.6) is 11.5 Å². The predicted octanol–water partition coefficient (Wildman–Crippen LogP) is 7.19. The van der Waals surface area contributed by atoms with Gasteiger partial charge in [-0.15, -0.1) is 0 Å². The van der Waals surface area contributed by atoms with E-state index in [4.69, 9.17) is 13.6 Å². The summed E-state index contributed by atoms with van der Waals surface area (Å²) in [6.45, 7) is 24.2. The van der Waals surface area contributed by atoms with Crippen molar-refractivity contribution in [3.8, 4) is 11.5 Å². The maximum atomic E-state index is 12.7. The number of carbonyl (C=O) groups excluding carboxylic acids is 1. The van der Waals surface area contributed by atoms with Crippen LogP contribution < -0.4 is 8.85 Å². The number of benzene rings is 1. The lowest BCUT2D eigenvalue weighted by molar-refractivity contribution is 0.0597. The van der Waals surface area contributed by atoms with Crippen molar-refractivity contribution < 1.29 is 18.4 Å². The molecule has 4 nitrogen and oxygen atoms in total. The Bertz CT molecular complexity index is 726. The highest BCUT2D eigenvalue weighted by Gasteiger charge is 2.41. The molecule has 0 heterocycles. The quantitative estimate of drug-likeness (QED) is 0.334. The lowest BCUT2D eigenvalue weighted by atomic mass is 10.0. The van der Waals surface area contributed by atoms with Crippen LogP contribution in [0.3, 0.4) is 0 Å². The summed E-state index contributed by atoms with van der Waals surface area (Å²) in [7, 11) is -2.75. The van der Waals surface area contributed by atoms with E-state index >= 15 is 0 Å². The zero-order valence-electron chi connectivity index (χ0n) is 20.7. The third kappa shape index (κ3) is 6.11. The van der Waals surface area contributed by atoms with E-state index in [1.807, 2.05) is 12.1 Å². The Labute approximate surface area is 180 Å². The van der Waals surface area contributed by atoms with Gasteiger partial charge in [0.05, 0.1) is 7.11 Å². The van der Waals surface area contributed by atoms with E-state index in [0.717, 1.165) is 24.2 Å². The fourth-order valence-electron chi connectivity index (χ4n) is 2.46. The highest BCUT2D eigenvalue weighted by Crippen LogP contribution is 2.42. The van der Waals surface area contributed by atoms with Gasteiger partial charge in [0.15, 0.2) is 0 Å². The molecule has 0 unspecified atom stereocenters. The third-order valence-corrected chi connectivity index (χ3v) is 15.1. The van der Waals surface area contributed by atoms with Crippen molar-refractivity contribution in [1.82, 2.24) is 0 Å². The summed E-state index contributed by atoms with van der Waals surface area (Å²) in [4.78, 5) is 12.7. The molecule has 1 rings (SSSR count). The molecular weight excluding hydrogens is 396 g/mol. The molecule has 0 radical (unpaired) electrons. The Morgan fingerprint density at radius 3 is 1.79 bits per heavy atom. The van der Waals surface area contributed by atoms with Gasteiger partial charge < -0.3 is 13.6 Å². The Hall–Kier alpha value is -1.28. The van der Waals surface area contributed by atoms with Gasteiger partial charge in [0, 0.05) is 6.07 Å². The van der Waals surface area contributed by atoms with Gasteiger partial charge >= 0.3 is 5.97 Å². The van der Waals surface area contributed by atoms with Crippen molar-refractivity contribution in [2.75, 3.05) is 7.11 Å². The Morgan fingerprint density at radius 2 is 1.38 bits per heavy atom. The molecule has 1 aromatic rings. The number of hydrogen-bond acceptors (Lipinski definition) is 4. The second-order valence-electron chi connectivity index (χ2n) is 10.9. The largest absolute Gasteiger partial charge is 0.543 e. The van der Waals surface area contributed by atoms with Crippen LogP contribution >= 0.6 is 0 Å². The van der Waals surface area contributed by atoms with Gasteiger partial charge in [-0.2, -0.15) is 0 Å². The van der Waals surface area contributed by atoms with Crippen molar-refractivity contribution in [3.63, 3.8) is 0 Å². The van der Waals surface area contributed by atoms with Crippen molar-refractivity contribution in [2.45, 2.75) is 97.6 Å². The molecule has 1 aromatic carbocycles. The topological polar surface area (TPSA) is 44.8 Å². The summed E-state index contributed by atoms with van der Waals surface area (Å²) in [5.41, 5.74) is 1.48. The minimum Gasteiger partial charge on any atom is -0.543 e. The van der Waals surface area contributed by atoms with E-state index in [0.29, 0.717) is 11.3 Å². The van der Waals surface area contributed by atoms with E-state index in [1.165, 1.54) is 7.11 Å². The smallest absolute Gasteiger partial charge is 0.341 e. The molecule has 0 aliphatic carbocycles. The average molecular weight is 439 g/mol. The molecule has 0 saturated heterocycles. The summed E-state index contributed by atoms with van der Waals surface area (Å²) in [5, 5.41) is 0.0982. The molecule has 0 aliphatic heterocycles. The van der Waals surface area contributed by atoms with E-state index < -0.39 is 16.6 Å². The molecular formula is C23H42O4Si2. The van der Waals surface area contributed by atoms with Crippen LogP contribution in [0, 0.1) is 0 Å². The second-order valence-corrected chi connectivity index (χ2v) is 20.4. The minimum atomic E-state index is -2.15. The first-order valence-corrected chi connectivity index (χ1v) is 16.4. The Kier molecular flexibility index (Phi) is 7.85. The molecule has 0 spiro atoms. The first-order valence-electron chi connectivity index (χ1n) is 10.6. The van der Waals surface area contributed by atoms with Crippen LogP contribution in [-0.2, 0) is 11.2 Å². The van der Waals surface area contributed by atoms with E-state index in [-0.39, 0.29) is 16.0 Å². The molecule has 0 atom stereocenters. The summed E-state index contributed by atoms with van der Waals surface area (Å²) < 4.78 is 18.3. The van der Waals surface area contributed by atoms with Crippen LogP contribution in [0.1, 0.15) is 70.8 Å². The van der Waals surface area contributed by atoms with E-state index in [1.54, 1.807) is 0 Å². The molecule has 0 saturated carbocycles. The van der Waals surface area contributed by atoms with Gasteiger partial charge in [-0.3, -0.25) is 0 Å². The first-order chi connectivity index (χ1) is 13.0. The fraction of sp³-hybridized carbons (Fsp3) is 0.696. The van der Waals surface area contributed by atoms with Gasteiger partial charge in [0.1, 0.15) is 17.1 Å². The van der Waals surface area contributed by atoms with Gasteiger partial charge in [0.25, 0.3) is 8.32 Å². The van der Waals surface area contributed by atoms with Crippen molar-refractivity contribution in [3.05, 3.63) is 23.3 Å². The summed E-state index contributed by atoms with van der Waals surface area (Å²) in [6.07, 6.45) is 1.69. The number of hydrogen-bond donors (Lipinski definition) is 0. The molecule has 0 aromatic heterocycles. The van der Waals surface area contributed by atoms with Gasteiger partial charge in [-0.1, -0.05) is 54.9 Å². The normalized spacial score (nSPS) is 13.2. The molecule has 0 aliphatic rings. The first kappa shape index (κ1) is 25.8. The minimum absolute atomic E-state index is 0.0155. The zero-order valence-corrected chi connectivity index (χ0v) is 22.7. The van der Waals surface area contributed by atoms with Crippen molar-refractivity contribution >= 4 is 22.6 Å². The standard InChI is InChI=1S/C23H42O4Si2/c1-13-14-17-15-18(26-28(9,10)22(2,3)4)16-19(20(17)21(24)25-8)27-29(11,12)23(5,6)7/h15-16H,13-14H2,1-12H3. The maximum Gasteiger partial charge on any atom is 0.341 e. The van der Waals surface area contributed by atoms with Crippen LogP contribution in [0.4, 0.5) is 0 Å². The SMILES string of the molecule is CCCc1cc(O[Si](C)(C)C(C)(C)C)cc(O[Si](C)(C)C(C)(C)C)c1C(=O)OC. The third-order valence-electron chi connectivity index (χ3n) is 6.42. The van der Waals surface area contributed by atoms with Crippen molar-refractivity contribution in [2.24, 2.45) is 0 Å². The van der Waals surface area contributed by atoms with Crippen LogP contribution in [0.2, 0.25) is 36.3 Å². The highest BCUT2D eigenvalue weighted by molar-refractivity contribution is 6.75. The lowest BCUT2D eigenvalue weighted by Gasteiger charge is -2.38. The monoisotopic (exact) mass is 438 g/mol. The van der Waals surface area contributed by atoms with Crippen LogP contribution in [0.25, 0.3) is 0 Å². The second kappa shape index (κ2) is 8.84.